The van der Waals surface area contributed by atoms with E-state index in [0.29, 0.717) is 37.8 Å². The van der Waals surface area contributed by atoms with E-state index in [-0.39, 0.29) is 5.76 Å². The SMILES string of the molecule is CCOCCn1c(=NC(=O)C2=COCCO2)sc2c(C)cc(C)cc21. The molecule has 0 radical (unpaired) electrons. The number of carbonyl (C=O) groups excluding carboxylic acids is 1. The Morgan fingerprint density at radius 1 is 1.36 bits per heavy atom. The highest BCUT2D eigenvalue weighted by Crippen LogP contribution is 2.23. The van der Waals surface area contributed by atoms with Crippen LogP contribution in [0.5, 0.6) is 0 Å². The maximum Gasteiger partial charge on any atom is 0.317 e. The fourth-order valence-corrected chi connectivity index (χ4v) is 3.84. The zero-order chi connectivity index (χ0) is 17.8. The van der Waals surface area contributed by atoms with Gasteiger partial charge in [0, 0.05) is 13.2 Å². The molecule has 0 bridgehead atoms. The molecule has 2 aromatic rings. The van der Waals surface area contributed by atoms with E-state index in [2.05, 4.69) is 31.0 Å². The van der Waals surface area contributed by atoms with Gasteiger partial charge in [0.2, 0.25) is 5.76 Å². The quantitative estimate of drug-likeness (QED) is 0.767. The average molecular weight is 362 g/mol. The summed E-state index contributed by atoms with van der Waals surface area (Å²) in [7, 11) is 0. The molecule has 1 aromatic carbocycles. The lowest BCUT2D eigenvalue weighted by molar-refractivity contribution is -0.119. The molecule has 3 rings (SSSR count). The zero-order valence-corrected chi connectivity index (χ0v) is 15.5. The fraction of sp³-hybridized carbons (Fsp3) is 0.444. The molecule has 1 aromatic heterocycles. The first-order chi connectivity index (χ1) is 12.1. The molecule has 2 heterocycles. The first kappa shape index (κ1) is 17.7. The van der Waals surface area contributed by atoms with Gasteiger partial charge < -0.3 is 18.8 Å². The number of hydrogen-bond acceptors (Lipinski definition) is 5. The van der Waals surface area contributed by atoms with Crippen molar-refractivity contribution in [2.24, 2.45) is 4.99 Å². The number of hydrogen-bond donors (Lipinski definition) is 0. The van der Waals surface area contributed by atoms with Crippen LogP contribution in [-0.4, -0.2) is 36.9 Å². The van der Waals surface area contributed by atoms with Gasteiger partial charge in [-0.1, -0.05) is 17.4 Å². The summed E-state index contributed by atoms with van der Waals surface area (Å²) in [5.74, 6) is -0.279. The maximum absolute atomic E-state index is 12.4. The molecule has 6 nitrogen and oxygen atoms in total. The zero-order valence-electron chi connectivity index (χ0n) is 14.7. The van der Waals surface area contributed by atoms with Crippen molar-refractivity contribution >= 4 is 27.5 Å². The number of fused-ring (bicyclic) bond motifs is 1. The molecule has 0 unspecified atom stereocenters. The third kappa shape index (κ3) is 3.93. The molecule has 1 amide bonds. The van der Waals surface area contributed by atoms with Gasteiger partial charge in [0.15, 0.2) is 4.80 Å². The Kier molecular flexibility index (Phi) is 5.55. The third-order valence-electron chi connectivity index (χ3n) is 3.83. The molecule has 0 saturated heterocycles. The second-order valence-corrected chi connectivity index (χ2v) is 6.76. The number of amides is 1. The Balaban J connectivity index is 2.07. The number of rotatable bonds is 5. The number of thiazole rings is 1. The van der Waals surface area contributed by atoms with Crippen LogP contribution in [0.3, 0.4) is 0 Å². The van der Waals surface area contributed by atoms with E-state index < -0.39 is 5.91 Å². The molecule has 134 valence electrons. The van der Waals surface area contributed by atoms with Gasteiger partial charge >= 0.3 is 5.91 Å². The van der Waals surface area contributed by atoms with E-state index in [9.17, 15) is 4.79 Å². The normalized spacial score (nSPS) is 15.0. The van der Waals surface area contributed by atoms with Gasteiger partial charge in [0.25, 0.3) is 0 Å². The second-order valence-electron chi connectivity index (χ2n) is 5.78. The van der Waals surface area contributed by atoms with Crippen LogP contribution >= 0.6 is 11.3 Å². The van der Waals surface area contributed by atoms with Gasteiger partial charge in [-0.15, -0.1) is 0 Å². The van der Waals surface area contributed by atoms with Crippen molar-refractivity contribution < 1.29 is 19.0 Å². The van der Waals surface area contributed by atoms with Crippen LogP contribution in [0.15, 0.2) is 29.1 Å². The predicted molar refractivity (Wildman–Crippen MR) is 96.3 cm³/mol. The largest absolute Gasteiger partial charge is 0.494 e. The van der Waals surface area contributed by atoms with Crippen LogP contribution in [-0.2, 0) is 25.5 Å². The van der Waals surface area contributed by atoms with Crippen LogP contribution in [0.25, 0.3) is 10.2 Å². The Labute approximate surface area is 150 Å². The van der Waals surface area contributed by atoms with Gasteiger partial charge in [-0.2, -0.15) is 4.99 Å². The molecule has 0 spiro atoms. The number of nitrogens with zero attached hydrogens (tertiary/aromatic N) is 2. The van der Waals surface area contributed by atoms with Crippen LogP contribution in [0.4, 0.5) is 0 Å². The summed E-state index contributed by atoms with van der Waals surface area (Å²) in [5.41, 5.74) is 3.43. The van der Waals surface area contributed by atoms with Crippen molar-refractivity contribution in [3.63, 3.8) is 0 Å². The predicted octanol–water partition coefficient (Wildman–Crippen LogP) is 2.67. The molecule has 1 aliphatic rings. The van der Waals surface area contributed by atoms with Gasteiger partial charge in [-0.3, -0.25) is 4.79 Å². The Morgan fingerprint density at radius 3 is 2.92 bits per heavy atom. The van der Waals surface area contributed by atoms with Gasteiger partial charge in [0.05, 0.1) is 16.8 Å². The maximum atomic E-state index is 12.4. The molecule has 25 heavy (non-hydrogen) atoms. The monoisotopic (exact) mass is 362 g/mol. The lowest BCUT2D eigenvalue weighted by Crippen LogP contribution is -2.21. The fourth-order valence-electron chi connectivity index (χ4n) is 2.74. The highest BCUT2D eigenvalue weighted by Gasteiger charge is 2.16. The Bertz CT molecular complexity index is 879. The molecule has 7 heteroatoms. The van der Waals surface area contributed by atoms with Crippen molar-refractivity contribution in [3.05, 3.63) is 40.1 Å². The van der Waals surface area contributed by atoms with E-state index in [1.54, 1.807) is 0 Å². The summed E-state index contributed by atoms with van der Waals surface area (Å²) in [4.78, 5) is 17.3. The van der Waals surface area contributed by atoms with Gasteiger partial charge in [-0.05, 0) is 38.0 Å². The standard InChI is InChI=1S/C18H22N2O4S/c1-4-22-6-5-20-14-10-12(2)9-13(3)16(14)25-18(20)19-17(21)15-11-23-7-8-24-15/h9-11H,4-8H2,1-3H3. The number of aromatic nitrogens is 1. The summed E-state index contributed by atoms with van der Waals surface area (Å²) < 4.78 is 19.1. The highest BCUT2D eigenvalue weighted by atomic mass is 32.1. The third-order valence-corrected chi connectivity index (χ3v) is 5.06. The van der Waals surface area contributed by atoms with Crippen LogP contribution in [0, 0.1) is 13.8 Å². The Hall–Kier alpha value is -2.12. The number of benzene rings is 1. The number of aryl methyl sites for hydroxylation is 2. The van der Waals surface area contributed by atoms with Gasteiger partial charge in [0.1, 0.15) is 19.5 Å². The smallest absolute Gasteiger partial charge is 0.317 e. The number of carbonyl (C=O) groups is 1. The molecule has 0 N–H and O–H groups in total. The van der Waals surface area contributed by atoms with Crippen LogP contribution < -0.4 is 4.80 Å². The molecule has 0 saturated carbocycles. The lowest BCUT2D eigenvalue weighted by atomic mass is 10.1. The molecule has 0 aliphatic carbocycles. The molecule has 0 atom stereocenters. The van der Waals surface area contributed by atoms with Crippen LogP contribution in [0.2, 0.25) is 0 Å². The molecule has 1 aliphatic heterocycles. The van der Waals surface area contributed by atoms with E-state index in [1.165, 1.54) is 28.7 Å². The Morgan fingerprint density at radius 2 is 2.20 bits per heavy atom. The minimum Gasteiger partial charge on any atom is -0.494 e. The minimum absolute atomic E-state index is 0.146. The highest BCUT2D eigenvalue weighted by molar-refractivity contribution is 7.16. The molecular formula is C18H22N2O4S. The lowest BCUT2D eigenvalue weighted by Gasteiger charge is -2.12. The van der Waals surface area contributed by atoms with Crippen molar-refractivity contribution in [1.29, 1.82) is 0 Å². The van der Waals surface area contributed by atoms with Crippen LogP contribution in [0.1, 0.15) is 18.1 Å². The summed E-state index contributed by atoms with van der Waals surface area (Å²) in [6.45, 7) is 8.78. The van der Waals surface area contributed by atoms with Crippen molar-refractivity contribution in [3.8, 4) is 0 Å². The molecule has 0 fully saturated rings. The second kappa shape index (κ2) is 7.84. The van der Waals surface area contributed by atoms with E-state index in [1.807, 2.05) is 11.5 Å². The first-order valence-electron chi connectivity index (χ1n) is 8.32. The summed E-state index contributed by atoms with van der Waals surface area (Å²) in [6.07, 6.45) is 1.34. The van der Waals surface area contributed by atoms with Crippen molar-refractivity contribution in [2.45, 2.75) is 27.3 Å². The van der Waals surface area contributed by atoms with Crippen molar-refractivity contribution in [2.75, 3.05) is 26.4 Å². The summed E-state index contributed by atoms with van der Waals surface area (Å²) in [5, 5.41) is 0. The molecular weight excluding hydrogens is 340 g/mol. The first-order valence-corrected chi connectivity index (χ1v) is 9.13. The van der Waals surface area contributed by atoms with E-state index in [4.69, 9.17) is 14.2 Å². The summed E-state index contributed by atoms with van der Waals surface area (Å²) in [6, 6.07) is 4.26. The minimum atomic E-state index is -0.425. The number of ether oxygens (including phenoxy) is 3. The van der Waals surface area contributed by atoms with Crippen molar-refractivity contribution in [1.82, 2.24) is 4.57 Å². The topological polar surface area (TPSA) is 62.1 Å². The summed E-state index contributed by atoms with van der Waals surface area (Å²) >= 11 is 1.51. The van der Waals surface area contributed by atoms with Gasteiger partial charge in [-0.25, -0.2) is 0 Å². The average Bonchev–Trinajstić information content (AvgIpc) is 2.94. The van der Waals surface area contributed by atoms with E-state index >= 15 is 0 Å². The van der Waals surface area contributed by atoms with E-state index in [0.717, 1.165) is 10.2 Å².